The highest BCUT2D eigenvalue weighted by Crippen LogP contribution is 2.23. The topological polar surface area (TPSA) is 61.8 Å². The second-order valence-corrected chi connectivity index (χ2v) is 8.23. The highest BCUT2D eigenvalue weighted by molar-refractivity contribution is 8.14. The molecule has 1 aromatic carbocycles. The predicted molar refractivity (Wildman–Crippen MR) is 123 cm³/mol. The van der Waals surface area contributed by atoms with Crippen LogP contribution in [-0.2, 0) is 9.59 Å². The number of aliphatic imine (C=N–C) groups is 1. The monoisotopic (exact) mass is 415 g/mol. The number of nitrogens with one attached hydrogen (secondary N) is 1. The summed E-state index contributed by atoms with van der Waals surface area (Å²) >= 11 is 1.32. The van der Waals surface area contributed by atoms with Gasteiger partial charge in [0, 0.05) is 13.1 Å². The predicted octanol–water partition coefficient (Wildman–Crippen LogP) is 4.76. The third-order valence-electron chi connectivity index (χ3n) is 4.79. The van der Waals surface area contributed by atoms with Gasteiger partial charge in [0.25, 0.3) is 5.91 Å². The molecule has 0 bridgehead atoms. The molecule has 0 atom stereocenters. The molecule has 1 aromatic rings. The van der Waals surface area contributed by atoms with Gasteiger partial charge in [0.15, 0.2) is 5.17 Å². The Bertz CT molecular complexity index is 741. The largest absolute Gasteiger partial charge is 0.355 e. The van der Waals surface area contributed by atoms with Crippen LogP contribution in [0.15, 0.2) is 35.0 Å². The maximum atomic E-state index is 12.6. The van der Waals surface area contributed by atoms with Crippen LogP contribution in [0.5, 0.6) is 0 Å². The van der Waals surface area contributed by atoms with E-state index < -0.39 is 0 Å². The number of hydrogen-bond donors (Lipinski definition) is 1. The van der Waals surface area contributed by atoms with Crippen molar-refractivity contribution in [2.45, 2.75) is 59.3 Å². The normalized spacial score (nSPS) is 15.1. The Balaban J connectivity index is 1.82. The minimum atomic E-state index is -0.108. The number of benzene rings is 1. The standard InChI is InChI=1S/C23H33N3O2S/c1-4-6-7-8-9-10-15-24-21(27)17-29-23-25-20(22(28)26(23)5-2)16-19-13-11-18(3)12-14-19/h11-14,16H,4-10,15,17H2,1-3H3,(H,24,27)/b20-16-. The van der Waals surface area contributed by atoms with Gasteiger partial charge in [-0.15, -0.1) is 0 Å². The van der Waals surface area contributed by atoms with E-state index in [9.17, 15) is 9.59 Å². The SMILES string of the molecule is CCCCCCCCNC(=O)CSC1=N/C(=C\c2ccc(C)cc2)C(=O)N1CC. The second kappa shape index (κ2) is 12.5. The van der Waals surface area contributed by atoms with Crippen molar-refractivity contribution in [3.8, 4) is 0 Å². The molecule has 0 saturated heterocycles. The quantitative estimate of drug-likeness (QED) is 0.418. The van der Waals surface area contributed by atoms with Gasteiger partial charge in [-0.2, -0.15) is 0 Å². The lowest BCUT2D eigenvalue weighted by molar-refractivity contribution is -0.122. The van der Waals surface area contributed by atoms with E-state index in [2.05, 4.69) is 17.2 Å². The Morgan fingerprint density at radius 2 is 1.79 bits per heavy atom. The summed E-state index contributed by atoms with van der Waals surface area (Å²) in [4.78, 5) is 30.8. The van der Waals surface area contributed by atoms with Crippen LogP contribution in [0, 0.1) is 6.92 Å². The summed E-state index contributed by atoms with van der Waals surface area (Å²) in [6.07, 6.45) is 9.03. The number of carbonyl (C=O) groups excluding carboxylic acids is 2. The van der Waals surface area contributed by atoms with Gasteiger partial charge < -0.3 is 5.32 Å². The summed E-state index contributed by atoms with van der Waals surface area (Å²) in [7, 11) is 0. The number of unbranched alkanes of at least 4 members (excludes halogenated alkanes) is 5. The van der Waals surface area contributed by atoms with E-state index in [1.165, 1.54) is 43.0 Å². The van der Waals surface area contributed by atoms with E-state index in [1.807, 2.05) is 38.1 Å². The van der Waals surface area contributed by atoms with E-state index in [-0.39, 0.29) is 17.6 Å². The molecule has 0 fully saturated rings. The van der Waals surface area contributed by atoms with Crippen molar-refractivity contribution in [2.75, 3.05) is 18.8 Å². The van der Waals surface area contributed by atoms with Gasteiger partial charge in [0.2, 0.25) is 5.91 Å². The smallest absolute Gasteiger partial charge is 0.278 e. The molecule has 1 aliphatic rings. The molecule has 0 aliphatic carbocycles. The van der Waals surface area contributed by atoms with Crippen LogP contribution in [0.3, 0.4) is 0 Å². The van der Waals surface area contributed by atoms with Crippen LogP contribution in [0.2, 0.25) is 0 Å². The van der Waals surface area contributed by atoms with Gasteiger partial charge in [0.1, 0.15) is 5.70 Å². The molecule has 0 radical (unpaired) electrons. The highest BCUT2D eigenvalue weighted by atomic mass is 32.2. The zero-order chi connectivity index (χ0) is 21.1. The summed E-state index contributed by atoms with van der Waals surface area (Å²) in [5.74, 6) is 0.157. The number of carbonyl (C=O) groups is 2. The van der Waals surface area contributed by atoms with Gasteiger partial charge in [-0.25, -0.2) is 4.99 Å². The van der Waals surface area contributed by atoms with Crippen molar-refractivity contribution < 1.29 is 9.59 Å². The highest BCUT2D eigenvalue weighted by Gasteiger charge is 2.29. The Hall–Kier alpha value is -2.08. The van der Waals surface area contributed by atoms with Crippen LogP contribution in [0.4, 0.5) is 0 Å². The summed E-state index contributed by atoms with van der Waals surface area (Å²) in [5.41, 5.74) is 2.54. The van der Waals surface area contributed by atoms with Crippen molar-refractivity contribution in [2.24, 2.45) is 4.99 Å². The van der Waals surface area contributed by atoms with E-state index in [0.29, 0.717) is 24.0 Å². The number of likely N-dealkylation sites (N-methyl/N-ethyl adjacent to an activating group) is 1. The van der Waals surface area contributed by atoms with Crippen molar-refractivity contribution in [1.29, 1.82) is 0 Å². The van der Waals surface area contributed by atoms with Gasteiger partial charge >= 0.3 is 0 Å². The molecule has 1 N–H and O–H groups in total. The zero-order valence-corrected chi connectivity index (χ0v) is 18.7. The van der Waals surface area contributed by atoms with Gasteiger partial charge in [-0.05, 0) is 31.9 Å². The van der Waals surface area contributed by atoms with Gasteiger partial charge in [0.05, 0.1) is 5.75 Å². The van der Waals surface area contributed by atoms with E-state index in [4.69, 9.17) is 0 Å². The number of hydrogen-bond acceptors (Lipinski definition) is 4. The van der Waals surface area contributed by atoms with Crippen molar-refractivity contribution in [3.05, 3.63) is 41.1 Å². The molecule has 0 unspecified atom stereocenters. The number of aryl methyl sites for hydroxylation is 1. The molecule has 1 heterocycles. The summed E-state index contributed by atoms with van der Waals surface area (Å²) in [6, 6.07) is 7.97. The number of rotatable bonds is 11. The fourth-order valence-electron chi connectivity index (χ4n) is 3.05. The molecule has 158 valence electrons. The lowest BCUT2D eigenvalue weighted by atomic mass is 10.1. The third-order valence-corrected chi connectivity index (χ3v) is 5.77. The van der Waals surface area contributed by atoms with Crippen LogP contribution in [0.25, 0.3) is 6.08 Å². The first-order valence-electron chi connectivity index (χ1n) is 10.6. The average molecular weight is 416 g/mol. The molecule has 6 heteroatoms. The first-order chi connectivity index (χ1) is 14.0. The lowest BCUT2D eigenvalue weighted by Crippen LogP contribution is -2.32. The second-order valence-electron chi connectivity index (χ2n) is 7.29. The van der Waals surface area contributed by atoms with E-state index in [1.54, 1.807) is 11.0 Å². The van der Waals surface area contributed by atoms with Crippen LogP contribution in [0.1, 0.15) is 63.5 Å². The van der Waals surface area contributed by atoms with Crippen molar-refractivity contribution >= 4 is 34.8 Å². The maximum Gasteiger partial charge on any atom is 0.278 e. The number of amides is 2. The molecule has 5 nitrogen and oxygen atoms in total. The molecule has 0 spiro atoms. The van der Waals surface area contributed by atoms with Gasteiger partial charge in [-0.1, -0.05) is 80.6 Å². The zero-order valence-electron chi connectivity index (χ0n) is 17.9. The molecular weight excluding hydrogens is 382 g/mol. The molecule has 2 rings (SSSR count). The van der Waals surface area contributed by atoms with Crippen LogP contribution in [-0.4, -0.2) is 40.7 Å². The molecular formula is C23H33N3O2S. The molecule has 0 saturated carbocycles. The summed E-state index contributed by atoms with van der Waals surface area (Å²) in [5, 5.41) is 3.57. The Kier molecular flexibility index (Phi) is 9.98. The number of nitrogens with zero attached hydrogens (tertiary/aromatic N) is 2. The summed E-state index contributed by atoms with van der Waals surface area (Å²) < 4.78 is 0. The van der Waals surface area contributed by atoms with Crippen molar-refractivity contribution in [3.63, 3.8) is 0 Å². The first kappa shape index (κ1) is 23.2. The van der Waals surface area contributed by atoms with Crippen molar-refractivity contribution in [1.82, 2.24) is 10.2 Å². The van der Waals surface area contributed by atoms with E-state index >= 15 is 0 Å². The minimum Gasteiger partial charge on any atom is -0.355 e. The van der Waals surface area contributed by atoms with Gasteiger partial charge in [-0.3, -0.25) is 14.5 Å². The molecule has 29 heavy (non-hydrogen) atoms. The van der Waals surface area contributed by atoms with Crippen LogP contribution < -0.4 is 5.32 Å². The number of thioether (sulfide) groups is 1. The van der Waals surface area contributed by atoms with E-state index in [0.717, 1.165) is 18.4 Å². The third kappa shape index (κ3) is 7.69. The maximum absolute atomic E-state index is 12.6. The van der Waals surface area contributed by atoms with Crippen LogP contribution >= 0.6 is 11.8 Å². The number of amidine groups is 1. The average Bonchev–Trinajstić information content (AvgIpc) is 3.02. The Labute approximate surface area is 179 Å². The first-order valence-corrected chi connectivity index (χ1v) is 11.6. The fraction of sp³-hybridized carbons (Fsp3) is 0.522. The molecule has 2 amide bonds. The Morgan fingerprint density at radius 1 is 1.10 bits per heavy atom. The molecule has 0 aromatic heterocycles. The lowest BCUT2D eigenvalue weighted by Gasteiger charge is -2.14. The minimum absolute atomic E-state index is 0.00859. The molecule has 1 aliphatic heterocycles. The fourth-order valence-corrected chi connectivity index (χ4v) is 3.95. The Morgan fingerprint density at radius 3 is 2.48 bits per heavy atom. The summed E-state index contributed by atoms with van der Waals surface area (Å²) in [6.45, 7) is 7.41.